The van der Waals surface area contributed by atoms with Gasteiger partial charge in [-0.1, -0.05) is 13.8 Å². The Morgan fingerprint density at radius 2 is 1.70 bits per heavy atom. The second kappa shape index (κ2) is 7.26. The number of carboxylic acids is 1. The van der Waals surface area contributed by atoms with Crippen LogP contribution in [0.4, 0.5) is 5.69 Å². The maximum atomic E-state index is 12.4. The average molecular weight is 318 g/mol. The molecule has 0 radical (unpaired) electrons. The van der Waals surface area contributed by atoms with Gasteiger partial charge in [0, 0.05) is 30.3 Å². The third-order valence-electron chi connectivity index (χ3n) is 4.06. The number of nitrogens with zero attached hydrogens (tertiary/aromatic N) is 1. The number of nitrogens with one attached hydrogen (secondary N) is 1. The maximum Gasteiger partial charge on any atom is 0.306 e. The van der Waals surface area contributed by atoms with Crippen LogP contribution in [-0.2, 0) is 9.59 Å². The highest BCUT2D eigenvalue weighted by Crippen LogP contribution is 2.20. The average Bonchev–Trinajstić information content (AvgIpc) is 2.55. The lowest BCUT2D eigenvalue weighted by molar-refractivity contribution is -0.143. The number of carboxylic acid groups (broad SMARTS) is 1. The monoisotopic (exact) mass is 318 g/mol. The van der Waals surface area contributed by atoms with Gasteiger partial charge >= 0.3 is 5.97 Å². The molecule has 0 bridgehead atoms. The number of aliphatic carboxylic acids is 1. The Labute approximate surface area is 135 Å². The summed E-state index contributed by atoms with van der Waals surface area (Å²) in [6.07, 6.45) is 0.979. The van der Waals surface area contributed by atoms with Gasteiger partial charge in [0.15, 0.2) is 0 Å². The summed E-state index contributed by atoms with van der Waals surface area (Å²) in [5, 5.41) is 11.8. The maximum absolute atomic E-state index is 12.4. The lowest BCUT2D eigenvalue weighted by Crippen LogP contribution is -2.40. The normalized spacial score (nSPS) is 15.5. The van der Waals surface area contributed by atoms with Gasteiger partial charge < -0.3 is 15.3 Å². The topological polar surface area (TPSA) is 86.7 Å². The first-order valence-electron chi connectivity index (χ1n) is 7.81. The number of piperidine rings is 1. The molecule has 0 aromatic heterocycles. The number of hydrogen-bond acceptors (Lipinski definition) is 3. The largest absolute Gasteiger partial charge is 0.481 e. The van der Waals surface area contributed by atoms with E-state index >= 15 is 0 Å². The first kappa shape index (κ1) is 17.0. The first-order valence-corrected chi connectivity index (χ1v) is 7.81. The molecule has 1 aliphatic heterocycles. The summed E-state index contributed by atoms with van der Waals surface area (Å²) in [6, 6.07) is 6.78. The molecule has 1 aliphatic rings. The zero-order valence-electron chi connectivity index (χ0n) is 13.4. The van der Waals surface area contributed by atoms with Crippen LogP contribution in [0, 0.1) is 11.8 Å². The zero-order valence-corrected chi connectivity index (χ0v) is 13.4. The van der Waals surface area contributed by atoms with Gasteiger partial charge in [-0.25, -0.2) is 0 Å². The SMILES string of the molecule is CC(C)C(=O)Nc1ccc(C(=O)N2CCC(C(=O)O)CC2)cc1. The van der Waals surface area contributed by atoms with Gasteiger partial charge in [0.1, 0.15) is 0 Å². The summed E-state index contributed by atoms with van der Waals surface area (Å²) in [4.78, 5) is 36.7. The van der Waals surface area contributed by atoms with Crippen LogP contribution >= 0.6 is 0 Å². The molecule has 1 heterocycles. The fourth-order valence-electron chi connectivity index (χ4n) is 2.49. The molecule has 0 saturated carbocycles. The molecule has 6 nitrogen and oxygen atoms in total. The van der Waals surface area contributed by atoms with Crippen molar-refractivity contribution in [2.24, 2.45) is 11.8 Å². The van der Waals surface area contributed by atoms with Crippen LogP contribution in [0.15, 0.2) is 24.3 Å². The van der Waals surface area contributed by atoms with Crippen LogP contribution in [0.2, 0.25) is 0 Å². The van der Waals surface area contributed by atoms with Crippen molar-refractivity contribution in [2.75, 3.05) is 18.4 Å². The second-order valence-corrected chi connectivity index (χ2v) is 6.13. The van der Waals surface area contributed by atoms with Crippen molar-refractivity contribution in [3.63, 3.8) is 0 Å². The van der Waals surface area contributed by atoms with Crippen LogP contribution in [0.1, 0.15) is 37.0 Å². The van der Waals surface area contributed by atoms with Crippen LogP contribution in [0.5, 0.6) is 0 Å². The van der Waals surface area contributed by atoms with Gasteiger partial charge in [0.05, 0.1) is 5.92 Å². The highest BCUT2D eigenvalue weighted by Gasteiger charge is 2.27. The summed E-state index contributed by atoms with van der Waals surface area (Å²) < 4.78 is 0. The van der Waals surface area contributed by atoms with E-state index in [0.29, 0.717) is 37.2 Å². The van der Waals surface area contributed by atoms with Crippen molar-refractivity contribution in [2.45, 2.75) is 26.7 Å². The lowest BCUT2D eigenvalue weighted by atomic mass is 9.96. The van der Waals surface area contributed by atoms with E-state index in [2.05, 4.69) is 5.32 Å². The van der Waals surface area contributed by atoms with Crippen molar-refractivity contribution in [3.05, 3.63) is 29.8 Å². The highest BCUT2D eigenvalue weighted by molar-refractivity contribution is 5.96. The summed E-state index contributed by atoms with van der Waals surface area (Å²) in [5.41, 5.74) is 1.20. The van der Waals surface area contributed by atoms with Gasteiger partial charge in [-0.05, 0) is 37.1 Å². The first-order chi connectivity index (χ1) is 10.9. The molecule has 2 amide bonds. The molecular weight excluding hydrogens is 296 g/mol. The van der Waals surface area contributed by atoms with Crippen molar-refractivity contribution < 1.29 is 19.5 Å². The predicted molar refractivity (Wildman–Crippen MR) is 86.2 cm³/mol. The highest BCUT2D eigenvalue weighted by atomic mass is 16.4. The Morgan fingerprint density at radius 1 is 1.13 bits per heavy atom. The molecule has 1 aromatic carbocycles. The van der Waals surface area contributed by atoms with Crippen molar-refractivity contribution in [1.82, 2.24) is 4.90 Å². The van der Waals surface area contributed by atoms with E-state index in [9.17, 15) is 14.4 Å². The zero-order chi connectivity index (χ0) is 17.0. The third-order valence-corrected chi connectivity index (χ3v) is 4.06. The number of likely N-dealkylation sites (tertiary alicyclic amines) is 1. The Kier molecular flexibility index (Phi) is 5.36. The predicted octanol–water partition coefficient (Wildman–Crippen LogP) is 2.22. The van der Waals surface area contributed by atoms with Gasteiger partial charge in [-0.15, -0.1) is 0 Å². The second-order valence-electron chi connectivity index (χ2n) is 6.13. The van der Waals surface area contributed by atoms with Crippen molar-refractivity contribution >= 4 is 23.5 Å². The van der Waals surface area contributed by atoms with Crippen LogP contribution in [0.3, 0.4) is 0 Å². The van der Waals surface area contributed by atoms with Gasteiger partial charge in [-0.3, -0.25) is 14.4 Å². The van der Waals surface area contributed by atoms with E-state index in [0.717, 1.165) is 0 Å². The Morgan fingerprint density at radius 3 is 2.17 bits per heavy atom. The molecule has 124 valence electrons. The molecule has 1 fully saturated rings. The number of carbonyl (C=O) groups excluding carboxylic acids is 2. The summed E-state index contributed by atoms with van der Waals surface area (Å²) in [5.74, 6) is -1.42. The van der Waals surface area contributed by atoms with E-state index in [1.54, 1.807) is 29.2 Å². The molecule has 1 saturated heterocycles. The van der Waals surface area contributed by atoms with Crippen LogP contribution in [-0.4, -0.2) is 40.9 Å². The lowest BCUT2D eigenvalue weighted by Gasteiger charge is -2.30. The number of anilines is 1. The van der Waals surface area contributed by atoms with Crippen LogP contribution < -0.4 is 5.32 Å². The molecular formula is C17H22N2O4. The van der Waals surface area contributed by atoms with E-state index in [-0.39, 0.29) is 23.7 Å². The summed E-state index contributed by atoms with van der Waals surface area (Å²) in [6.45, 7) is 4.55. The number of carbonyl (C=O) groups is 3. The number of benzene rings is 1. The van der Waals surface area contributed by atoms with Crippen molar-refractivity contribution in [3.8, 4) is 0 Å². The van der Waals surface area contributed by atoms with E-state index in [1.807, 2.05) is 13.8 Å². The molecule has 0 unspecified atom stereocenters. The Hall–Kier alpha value is -2.37. The minimum absolute atomic E-state index is 0.0696. The molecule has 0 aliphatic carbocycles. The molecule has 1 aromatic rings. The van der Waals surface area contributed by atoms with Gasteiger partial charge in [-0.2, -0.15) is 0 Å². The molecule has 0 spiro atoms. The standard InChI is InChI=1S/C17H22N2O4/c1-11(2)15(20)18-14-5-3-12(4-6-14)16(21)19-9-7-13(8-10-19)17(22)23/h3-6,11,13H,7-10H2,1-2H3,(H,18,20)(H,22,23). The van der Waals surface area contributed by atoms with E-state index < -0.39 is 5.97 Å². The Bertz CT molecular complexity index is 587. The molecule has 23 heavy (non-hydrogen) atoms. The Balaban J connectivity index is 1.96. The fraction of sp³-hybridized carbons (Fsp3) is 0.471. The number of hydrogen-bond donors (Lipinski definition) is 2. The van der Waals surface area contributed by atoms with Gasteiger partial charge in [0.25, 0.3) is 5.91 Å². The van der Waals surface area contributed by atoms with E-state index in [4.69, 9.17) is 5.11 Å². The molecule has 2 N–H and O–H groups in total. The van der Waals surface area contributed by atoms with E-state index in [1.165, 1.54) is 0 Å². The summed E-state index contributed by atoms with van der Waals surface area (Å²) in [7, 11) is 0. The summed E-state index contributed by atoms with van der Waals surface area (Å²) >= 11 is 0. The van der Waals surface area contributed by atoms with Crippen LogP contribution in [0.25, 0.3) is 0 Å². The molecule has 6 heteroatoms. The smallest absolute Gasteiger partial charge is 0.306 e. The quantitative estimate of drug-likeness (QED) is 0.891. The number of amides is 2. The van der Waals surface area contributed by atoms with Gasteiger partial charge in [0.2, 0.25) is 5.91 Å². The molecule has 2 rings (SSSR count). The number of rotatable bonds is 4. The fourth-order valence-corrected chi connectivity index (χ4v) is 2.49. The third kappa shape index (κ3) is 4.31. The molecule has 0 atom stereocenters. The minimum Gasteiger partial charge on any atom is -0.481 e. The van der Waals surface area contributed by atoms with Crippen molar-refractivity contribution in [1.29, 1.82) is 0 Å². The minimum atomic E-state index is -0.789.